The number of ether oxygens (including phenoxy) is 1. The van der Waals surface area contributed by atoms with E-state index in [1.54, 1.807) is 0 Å². The number of nitrogens with one attached hydrogen (secondary N) is 2. The smallest absolute Gasteiger partial charge is 0.405 e. The predicted molar refractivity (Wildman–Crippen MR) is 36.8 cm³/mol. The summed E-state index contributed by atoms with van der Waals surface area (Å²) >= 11 is 0. The van der Waals surface area contributed by atoms with E-state index < -0.39 is 6.09 Å². The molecule has 0 unspecified atom stereocenters. The van der Waals surface area contributed by atoms with E-state index in [0.717, 1.165) is 0 Å². The van der Waals surface area contributed by atoms with E-state index in [0.29, 0.717) is 6.61 Å². The van der Waals surface area contributed by atoms with E-state index >= 15 is 0 Å². The van der Waals surface area contributed by atoms with Crippen LogP contribution in [-0.2, 0) is 4.74 Å². The van der Waals surface area contributed by atoms with Gasteiger partial charge in [0.15, 0.2) is 6.04 Å². The normalized spacial score (nSPS) is 27.7. The second kappa shape index (κ2) is 3.80. The van der Waals surface area contributed by atoms with E-state index in [2.05, 4.69) is 15.3 Å². The first kappa shape index (κ1) is 8.63. The van der Waals surface area contributed by atoms with Gasteiger partial charge in [0.2, 0.25) is 4.91 Å². The van der Waals surface area contributed by atoms with Crippen LogP contribution in [0.5, 0.6) is 0 Å². The van der Waals surface area contributed by atoms with Crippen LogP contribution in [0.1, 0.15) is 0 Å². The second-order valence-electron chi connectivity index (χ2n) is 2.38. The molecule has 1 heterocycles. The Bertz CT molecular complexity index is 225. The van der Waals surface area contributed by atoms with Crippen molar-refractivity contribution in [2.75, 3.05) is 13.2 Å². The Morgan fingerprint density at radius 2 is 2.50 bits per heavy atom. The molecule has 1 fully saturated rings. The topological polar surface area (TPSA) is 109 Å². The van der Waals surface area contributed by atoms with Gasteiger partial charge in [-0.05, 0) is 0 Å². The maximum atomic E-state index is 10.2. The van der Waals surface area contributed by atoms with Crippen LogP contribution in [0.2, 0.25) is 0 Å². The highest BCUT2D eigenvalue weighted by Gasteiger charge is 2.33. The fourth-order valence-electron chi connectivity index (χ4n) is 1.03. The van der Waals surface area contributed by atoms with Gasteiger partial charge in [-0.15, -0.1) is 0 Å². The van der Waals surface area contributed by atoms with E-state index in [1.807, 2.05) is 0 Å². The molecule has 0 aromatic heterocycles. The van der Waals surface area contributed by atoms with Gasteiger partial charge in [0, 0.05) is 0 Å². The third-order valence-corrected chi connectivity index (χ3v) is 1.57. The van der Waals surface area contributed by atoms with Crippen molar-refractivity contribution in [3.8, 4) is 0 Å². The van der Waals surface area contributed by atoms with Gasteiger partial charge in [0.25, 0.3) is 0 Å². The molecular formula is C5H9N4O3+. The largest absolute Gasteiger partial charge is 0.465 e. The highest BCUT2D eigenvalue weighted by atomic mass is 16.5. The first-order valence-electron chi connectivity index (χ1n) is 3.38. The van der Waals surface area contributed by atoms with Crippen LogP contribution in [0.25, 0.3) is 0 Å². The molecule has 0 aromatic carbocycles. The van der Waals surface area contributed by atoms with Gasteiger partial charge in [0.05, 0.1) is 19.3 Å². The molecule has 12 heavy (non-hydrogen) atoms. The quantitative estimate of drug-likeness (QED) is 0.389. The van der Waals surface area contributed by atoms with Crippen LogP contribution >= 0.6 is 0 Å². The Morgan fingerprint density at radius 1 is 1.75 bits per heavy atom. The SMILES string of the molecule is N=[N+]=N[C@@H]1COC[C@@H]1NC(=O)O. The fourth-order valence-corrected chi connectivity index (χ4v) is 1.03. The molecule has 1 amide bonds. The van der Waals surface area contributed by atoms with E-state index in [9.17, 15) is 4.79 Å². The third-order valence-electron chi connectivity index (χ3n) is 1.57. The molecule has 1 saturated heterocycles. The molecule has 0 saturated carbocycles. The number of hydrogen-bond acceptors (Lipinski definition) is 4. The third kappa shape index (κ3) is 2.01. The van der Waals surface area contributed by atoms with Crippen LogP contribution in [0, 0.1) is 5.53 Å². The molecular weight excluding hydrogens is 164 g/mol. The van der Waals surface area contributed by atoms with Crippen molar-refractivity contribution in [3.05, 3.63) is 0 Å². The van der Waals surface area contributed by atoms with Gasteiger partial charge in [-0.3, -0.25) is 0 Å². The van der Waals surface area contributed by atoms with Crippen molar-refractivity contribution < 1.29 is 14.6 Å². The Kier molecular flexibility index (Phi) is 2.73. The van der Waals surface area contributed by atoms with Gasteiger partial charge in [-0.1, -0.05) is 0 Å². The number of amides is 1. The van der Waals surface area contributed by atoms with E-state index in [1.165, 1.54) is 0 Å². The summed E-state index contributed by atoms with van der Waals surface area (Å²) in [7, 11) is 0. The second-order valence-corrected chi connectivity index (χ2v) is 2.38. The molecule has 0 spiro atoms. The molecule has 66 valence electrons. The van der Waals surface area contributed by atoms with Gasteiger partial charge in [-0.25, -0.2) is 4.79 Å². The Balaban J connectivity index is 2.51. The summed E-state index contributed by atoms with van der Waals surface area (Å²) in [6.07, 6.45) is -1.12. The molecule has 1 rings (SSSR count). The highest BCUT2D eigenvalue weighted by molar-refractivity contribution is 5.65. The van der Waals surface area contributed by atoms with Crippen LogP contribution in [0.4, 0.5) is 4.79 Å². The van der Waals surface area contributed by atoms with Crippen molar-refractivity contribution in [3.63, 3.8) is 0 Å². The predicted octanol–water partition coefficient (Wildman–Crippen LogP) is -0.428. The lowest BCUT2D eigenvalue weighted by Gasteiger charge is -2.07. The Morgan fingerprint density at radius 3 is 3.08 bits per heavy atom. The van der Waals surface area contributed by atoms with Crippen LogP contribution in [0.3, 0.4) is 0 Å². The molecule has 0 bridgehead atoms. The summed E-state index contributed by atoms with van der Waals surface area (Å²) < 4.78 is 4.96. The standard InChI is InChI=1S/C5H8N4O3/c6-9-8-4-2-12-1-3(4)7-5(10)11/h3-4,6-7H,1-2H2/p+1/t3-,4+/m0/s1. The van der Waals surface area contributed by atoms with E-state index in [-0.39, 0.29) is 18.7 Å². The summed E-state index contributed by atoms with van der Waals surface area (Å²) in [5.74, 6) is 0. The molecule has 0 aliphatic carbocycles. The molecule has 2 atom stereocenters. The molecule has 1 aliphatic rings. The van der Waals surface area contributed by atoms with Crippen molar-refractivity contribution in [1.29, 1.82) is 5.53 Å². The number of carboxylic acid groups (broad SMARTS) is 1. The first-order valence-corrected chi connectivity index (χ1v) is 3.38. The van der Waals surface area contributed by atoms with Gasteiger partial charge in [-0.2, -0.15) is 0 Å². The maximum absolute atomic E-state index is 10.2. The van der Waals surface area contributed by atoms with Gasteiger partial charge in [0.1, 0.15) is 10.6 Å². The number of hydrogen-bond donors (Lipinski definition) is 3. The van der Waals surface area contributed by atoms with E-state index in [4.69, 9.17) is 15.4 Å². The minimum atomic E-state index is -1.12. The van der Waals surface area contributed by atoms with Crippen LogP contribution < -0.4 is 10.2 Å². The van der Waals surface area contributed by atoms with Gasteiger partial charge >= 0.3 is 6.09 Å². The summed E-state index contributed by atoms with van der Waals surface area (Å²) in [6.45, 7) is 0.601. The molecule has 0 radical (unpaired) electrons. The lowest BCUT2D eigenvalue weighted by molar-refractivity contribution is 0.175. The summed E-state index contributed by atoms with van der Waals surface area (Å²) in [5, 5.41) is 14.1. The zero-order valence-electron chi connectivity index (χ0n) is 6.23. The van der Waals surface area contributed by atoms with Crippen molar-refractivity contribution >= 4 is 6.09 Å². The van der Waals surface area contributed by atoms with Gasteiger partial charge < -0.3 is 15.2 Å². The zero-order chi connectivity index (χ0) is 8.97. The highest BCUT2D eigenvalue weighted by Crippen LogP contribution is 2.08. The summed E-state index contributed by atoms with van der Waals surface area (Å²) in [5.41, 5.74) is 6.47. The van der Waals surface area contributed by atoms with Crippen molar-refractivity contribution in [2.24, 2.45) is 5.11 Å². The van der Waals surface area contributed by atoms with Crippen LogP contribution in [-0.4, -0.2) is 36.5 Å². The molecule has 0 aromatic rings. The average molecular weight is 173 g/mol. The molecule has 3 N–H and O–H groups in total. The minimum Gasteiger partial charge on any atom is -0.465 e. The summed E-state index contributed by atoms with van der Waals surface area (Å²) in [6, 6.07) is -0.741. The average Bonchev–Trinajstić information content (AvgIpc) is 2.37. The fraction of sp³-hybridized carbons (Fsp3) is 0.800. The van der Waals surface area contributed by atoms with Crippen molar-refractivity contribution in [1.82, 2.24) is 10.2 Å². The monoisotopic (exact) mass is 173 g/mol. The molecule has 7 nitrogen and oxygen atoms in total. The Labute approximate surface area is 67.9 Å². The Hall–Kier alpha value is -1.46. The lowest BCUT2D eigenvalue weighted by Crippen LogP contribution is -2.41. The molecule has 1 aliphatic heterocycles. The minimum absolute atomic E-state index is 0.288. The summed E-state index contributed by atoms with van der Waals surface area (Å²) in [4.78, 5) is 13.1. The lowest BCUT2D eigenvalue weighted by atomic mass is 10.2. The van der Waals surface area contributed by atoms with Crippen LogP contribution in [0.15, 0.2) is 5.11 Å². The zero-order valence-corrected chi connectivity index (χ0v) is 6.23. The number of carbonyl (C=O) groups is 1. The van der Waals surface area contributed by atoms with Crippen molar-refractivity contribution in [2.45, 2.75) is 12.1 Å². The first-order chi connectivity index (χ1) is 5.74. The maximum Gasteiger partial charge on any atom is 0.405 e. The number of nitrogens with zero attached hydrogens (tertiary/aromatic N) is 2. The molecule has 7 heteroatoms. The number of rotatable bonds is 2.